The van der Waals surface area contributed by atoms with Gasteiger partial charge >= 0.3 is 29.8 Å². The average molecular weight is 570 g/mol. The minimum absolute atomic E-state index is 0.0571. The summed E-state index contributed by atoms with van der Waals surface area (Å²) in [5, 5.41) is 2.64. The van der Waals surface area contributed by atoms with Gasteiger partial charge in [-0.05, 0) is 11.8 Å². The van der Waals surface area contributed by atoms with E-state index in [1.54, 1.807) is 6.08 Å². The quantitative estimate of drug-likeness (QED) is 0.217. The van der Waals surface area contributed by atoms with Crippen molar-refractivity contribution in [3.05, 3.63) is 23.5 Å². The minimum atomic E-state index is -1.55. The maximum Gasteiger partial charge on any atom is 0.373 e. The lowest BCUT2D eigenvalue weighted by atomic mass is 9.86. The van der Waals surface area contributed by atoms with Crippen molar-refractivity contribution in [3.63, 3.8) is 0 Å². The maximum atomic E-state index is 12.9. The highest BCUT2D eigenvalue weighted by Gasteiger charge is 2.51. The molecular weight excluding hydrogens is 530 g/mol. The largest absolute Gasteiger partial charge is 0.477 e. The second-order valence-electron chi connectivity index (χ2n) is 10.2. The van der Waals surface area contributed by atoms with E-state index in [-0.39, 0.29) is 23.2 Å². The summed E-state index contributed by atoms with van der Waals surface area (Å²) in [4.78, 5) is 73.1. The molecule has 1 amide bonds. The first-order chi connectivity index (χ1) is 18.5. The van der Waals surface area contributed by atoms with Crippen LogP contribution in [0.25, 0.3) is 0 Å². The van der Waals surface area contributed by atoms with Gasteiger partial charge in [0.2, 0.25) is 11.7 Å². The van der Waals surface area contributed by atoms with Crippen molar-refractivity contribution < 1.29 is 57.2 Å². The summed E-state index contributed by atoms with van der Waals surface area (Å²) >= 11 is 0. The Balaban J connectivity index is 3.91. The Labute approximate surface area is 233 Å². The van der Waals surface area contributed by atoms with Crippen LogP contribution in [0, 0.1) is 5.41 Å². The molecule has 1 aliphatic heterocycles. The Morgan fingerprint density at radius 2 is 1.52 bits per heavy atom. The number of hydrogen-bond acceptors (Lipinski definition) is 12. The second kappa shape index (κ2) is 15.0. The van der Waals surface area contributed by atoms with Gasteiger partial charge in [-0.1, -0.05) is 32.9 Å². The zero-order valence-corrected chi connectivity index (χ0v) is 24.4. The summed E-state index contributed by atoms with van der Waals surface area (Å²) in [5.74, 6) is -4.99. The van der Waals surface area contributed by atoms with Crippen LogP contribution in [0.5, 0.6) is 0 Å². The number of hydrogen-bond donors (Lipinski definition) is 1. The fraction of sp³-hybridized carbons (Fsp3) is 0.630. The third-order valence-corrected chi connectivity index (χ3v) is 5.32. The summed E-state index contributed by atoms with van der Waals surface area (Å²) in [5.41, 5.74) is -0.0602. The lowest BCUT2D eigenvalue weighted by Crippen LogP contribution is -2.63. The number of esters is 5. The van der Waals surface area contributed by atoms with Gasteiger partial charge in [-0.15, -0.1) is 0 Å². The third-order valence-electron chi connectivity index (χ3n) is 5.32. The van der Waals surface area contributed by atoms with Gasteiger partial charge < -0.3 is 33.7 Å². The third kappa shape index (κ3) is 11.1. The zero-order valence-electron chi connectivity index (χ0n) is 24.4. The van der Waals surface area contributed by atoms with Gasteiger partial charge in [-0.3, -0.25) is 24.0 Å². The standard InChI is InChI=1S/C27H39NO12/c1-14(29)28-21-22(38-17(4)32)19(11-10-12-27(6,7)8)23(26(34)35-9)40-25(21)24(39-18(5)33)20(37-16(3)31)13-36-15(2)30/h10,12,20-22,24-25H,11,13H2,1-9H3,(H,28,29)/b12-10+/t20-,21-,22+,24-,25-/m1/s1. The summed E-state index contributed by atoms with van der Waals surface area (Å²) in [7, 11) is 1.11. The van der Waals surface area contributed by atoms with E-state index >= 15 is 0 Å². The fourth-order valence-corrected chi connectivity index (χ4v) is 3.97. The van der Waals surface area contributed by atoms with Gasteiger partial charge in [-0.25, -0.2) is 4.79 Å². The molecule has 13 nitrogen and oxygen atoms in total. The number of ether oxygens (including phenoxy) is 6. The smallest absolute Gasteiger partial charge is 0.373 e. The molecule has 0 aromatic heterocycles. The Morgan fingerprint density at radius 1 is 0.925 bits per heavy atom. The van der Waals surface area contributed by atoms with Gasteiger partial charge in [0, 0.05) is 40.2 Å². The van der Waals surface area contributed by atoms with Crippen LogP contribution in [0.3, 0.4) is 0 Å². The summed E-state index contributed by atoms with van der Waals surface area (Å²) in [6.45, 7) is 10.9. The van der Waals surface area contributed by atoms with E-state index in [0.29, 0.717) is 0 Å². The van der Waals surface area contributed by atoms with E-state index in [0.717, 1.165) is 34.8 Å². The Morgan fingerprint density at radius 3 is 1.98 bits per heavy atom. The summed E-state index contributed by atoms with van der Waals surface area (Å²) in [6.07, 6.45) is -2.11. The fourth-order valence-electron chi connectivity index (χ4n) is 3.97. The van der Waals surface area contributed by atoms with Gasteiger partial charge in [0.15, 0.2) is 24.4 Å². The lowest BCUT2D eigenvalue weighted by Gasteiger charge is -2.43. The lowest BCUT2D eigenvalue weighted by molar-refractivity contribution is -0.192. The molecule has 40 heavy (non-hydrogen) atoms. The second-order valence-corrected chi connectivity index (χ2v) is 10.2. The molecule has 0 aromatic rings. The van der Waals surface area contributed by atoms with Crippen LogP contribution >= 0.6 is 0 Å². The highest BCUT2D eigenvalue weighted by Crippen LogP contribution is 2.34. The van der Waals surface area contributed by atoms with Crippen LogP contribution in [-0.4, -0.2) is 79.9 Å². The molecule has 0 unspecified atom stereocenters. The number of nitrogens with one attached hydrogen (secondary N) is 1. The molecule has 1 aliphatic rings. The van der Waals surface area contributed by atoms with Gasteiger partial charge in [-0.2, -0.15) is 0 Å². The van der Waals surface area contributed by atoms with E-state index in [1.165, 1.54) is 6.92 Å². The van der Waals surface area contributed by atoms with Crippen LogP contribution in [0.1, 0.15) is 61.8 Å². The monoisotopic (exact) mass is 569 g/mol. The molecule has 0 aliphatic carbocycles. The molecule has 1 heterocycles. The molecule has 0 radical (unpaired) electrons. The zero-order chi connectivity index (χ0) is 30.8. The highest BCUT2D eigenvalue weighted by molar-refractivity contribution is 5.88. The predicted molar refractivity (Wildman–Crippen MR) is 138 cm³/mol. The first-order valence-electron chi connectivity index (χ1n) is 12.5. The predicted octanol–water partition coefficient (Wildman–Crippen LogP) is 1.67. The Hall–Kier alpha value is -3.90. The van der Waals surface area contributed by atoms with Crippen molar-refractivity contribution in [2.75, 3.05) is 13.7 Å². The Kier molecular flexibility index (Phi) is 12.8. The minimum Gasteiger partial charge on any atom is -0.477 e. The number of allylic oxidation sites excluding steroid dienone is 2. The number of methoxy groups -OCH3 is 1. The molecule has 1 rings (SSSR count). The molecule has 0 saturated carbocycles. The van der Waals surface area contributed by atoms with E-state index < -0.39 is 72.8 Å². The van der Waals surface area contributed by atoms with Gasteiger partial charge in [0.1, 0.15) is 12.6 Å². The number of carbonyl (C=O) groups excluding carboxylic acids is 6. The molecule has 224 valence electrons. The van der Waals surface area contributed by atoms with E-state index in [2.05, 4.69) is 5.32 Å². The van der Waals surface area contributed by atoms with Crippen molar-refractivity contribution in [3.8, 4) is 0 Å². The molecule has 0 fully saturated rings. The van der Waals surface area contributed by atoms with Crippen LogP contribution in [-0.2, 0) is 57.2 Å². The molecule has 0 saturated heterocycles. The number of rotatable bonds is 11. The van der Waals surface area contributed by atoms with Gasteiger partial charge in [0.05, 0.1) is 7.11 Å². The molecular formula is C27H39NO12. The maximum absolute atomic E-state index is 12.9. The summed E-state index contributed by atoms with van der Waals surface area (Å²) < 4.78 is 32.3. The molecule has 5 atom stereocenters. The Bertz CT molecular complexity index is 1040. The number of carbonyl (C=O) groups is 6. The van der Waals surface area contributed by atoms with Crippen molar-refractivity contribution >= 4 is 35.8 Å². The van der Waals surface area contributed by atoms with Crippen molar-refractivity contribution in [1.29, 1.82) is 0 Å². The average Bonchev–Trinajstić information content (AvgIpc) is 2.80. The van der Waals surface area contributed by atoms with Crippen molar-refractivity contribution in [2.45, 2.75) is 92.3 Å². The van der Waals surface area contributed by atoms with E-state index in [9.17, 15) is 28.8 Å². The molecule has 0 bridgehead atoms. The molecule has 0 spiro atoms. The first kappa shape index (κ1) is 34.1. The SMILES string of the molecule is COC(=O)C1=C(C/C=C/C(C)(C)C)[C@H](OC(C)=O)[C@@H](NC(C)=O)[C@H]([C@H](OC(C)=O)[C@@H](COC(C)=O)OC(C)=O)O1. The van der Waals surface area contributed by atoms with Crippen LogP contribution in [0.15, 0.2) is 23.5 Å². The van der Waals surface area contributed by atoms with Crippen LogP contribution in [0.2, 0.25) is 0 Å². The normalized spacial score (nSPS) is 20.5. The molecule has 13 heteroatoms. The first-order valence-corrected chi connectivity index (χ1v) is 12.5. The number of amides is 1. The van der Waals surface area contributed by atoms with Crippen LogP contribution in [0.4, 0.5) is 0 Å². The van der Waals surface area contributed by atoms with Crippen LogP contribution < -0.4 is 5.32 Å². The van der Waals surface area contributed by atoms with E-state index in [4.69, 9.17) is 28.4 Å². The van der Waals surface area contributed by atoms with Crippen molar-refractivity contribution in [2.24, 2.45) is 5.41 Å². The van der Waals surface area contributed by atoms with Crippen molar-refractivity contribution in [1.82, 2.24) is 5.32 Å². The molecule has 1 N–H and O–H groups in total. The topological polar surface area (TPSA) is 170 Å². The van der Waals surface area contributed by atoms with Gasteiger partial charge in [0.25, 0.3) is 0 Å². The summed E-state index contributed by atoms with van der Waals surface area (Å²) in [6, 6.07) is -1.26. The molecule has 0 aromatic carbocycles. The van der Waals surface area contributed by atoms with E-state index in [1.807, 2.05) is 26.8 Å². The highest BCUT2D eigenvalue weighted by atomic mass is 16.6.